The third-order valence-corrected chi connectivity index (χ3v) is 4.60. The van der Waals surface area contributed by atoms with Gasteiger partial charge < -0.3 is 10.1 Å². The summed E-state index contributed by atoms with van der Waals surface area (Å²) in [6, 6.07) is 19.2. The Morgan fingerprint density at radius 2 is 1.93 bits per heavy atom. The highest BCUT2D eigenvalue weighted by Gasteiger charge is 2.07. The molecule has 0 unspecified atom stereocenters. The minimum Gasteiger partial charge on any atom is -0.484 e. The number of halogens is 1. The number of nitrogens with zero attached hydrogens (tertiary/aromatic N) is 3. The Bertz CT molecular complexity index is 1110. The number of carbonyl (C=O) groups excluding carboxylic acids is 1. The predicted molar refractivity (Wildman–Crippen MR) is 111 cm³/mol. The molecule has 0 saturated heterocycles. The van der Waals surface area contributed by atoms with Crippen molar-refractivity contribution in [3.63, 3.8) is 0 Å². The summed E-state index contributed by atoms with van der Waals surface area (Å²) in [4.78, 5) is 16.4. The van der Waals surface area contributed by atoms with Crippen molar-refractivity contribution in [2.45, 2.75) is 6.54 Å². The molecule has 0 bridgehead atoms. The molecule has 4 rings (SSSR count). The highest BCUT2D eigenvalue weighted by atomic mass is 79.9. The van der Waals surface area contributed by atoms with E-state index in [9.17, 15) is 4.79 Å². The second-order valence-corrected chi connectivity index (χ2v) is 7.13. The van der Waals surface area contributed by atoms with Crippen molar-refractivity contribution in [3.8, 4) is 5.75 Å². The van der Waals surface area contributed by atoms with E-state index in [4.69, 9.17) is 4.74 Å². The minimum atomic E-state index is -0.265. The zero-order valence-corrected chi connectivity index (χ0v) is 16.5. The van der Waals surface area contributed by atoms with Gasteiger partial charge in [0.1, 0.15) is 5.75 Å². The van der Waals surface area contributed by atoms with Crippen molar-refractivity contribution >= 4 is 38.4 Å². The maximum Gasteiger partial charge on any atom is 0.263 e. The molecule has 1 N–H and O–H groups in total. The Labute approximate surface area is 170 Å². The van der Waals surface area contributed by atoms with Gasteiger partial charge in [0.05, 0.1) is 12.2 Å². The number of ether oxygens (including phenoxy) is 1. The first-order chi connectivity index (χ1) is 13.7. The van der Waals surface area contributed by atoms with E-state index >= 15 is 0 Å². The number of fused-ring (bicyclic) bond motifs is 1. The summed E-state index contributed by atoms with van der Waals surface area (Å²) < 4.78 is 8.36. The van der Waals surface area contributed by atoms with E-state index in [2.05, 4.69) is 31.3 Å². The van der Waals surface area contributed by atoms with Crippen LogP contribution in [0.3, 0.4) is 0 Å². The molecule has 4 aromatic rings. The van der Waals surface area contributed by atoms with Crippen LogP contribution in [-0.2, 0) is 11.3 Å². The van der Waals surface area contributed by atoms with E-state index in [1.807, 2.05) is 54.6 Å². The molecule has 7 heteroatoms. The Kier molecular flexibility index (Phi) is 5.34. The highest BCUT2D eigenvalue weighted by Crippen LogP contribution is 2.24. The average Bonchev–Trinajstić information content (AvgIpc) is 3.13. The first kappa shape index (κ1) is 18.2. The van der Waals surface area contributed by atoms with Gasteiger partial charge >= 0.3 is 0 Å². The number of hydrogen-bond acceptors (Lipinski definition) is 4. The summed E-state index contributed by atoms with van der Waals surface area (Å²) in [6.45, 7) is 0.454. The molecule has 0 spiro atoms. The van der Waals surface area contributed by atoms with Gasteiger partial charge in [-0.3, -0.25) is 14.5 Å². The number of carbonyl (C=O) groups is 1. The van der Waals surface area contributed by atoms with E-state index in [1.165, 1.54) is 0 Å². The van der Waals surface area contributed by atoms with Crippen LogP contribution < -0.4 is 10.1 Å². The maximum absolute atomic E-state index is 12.2. The van der Waals surface area contributed by atoms with Gasteiger partial charge in [-0.15, -0.1) is 0 Å². The molecule has 0 aliphatic carbocycles. The third-order valence-electron chi connectivity index (χ3n) is 4.10. The van der Waals surface area contributed by atoms with Gasteiger partial charge in [-0.1, -0.05) is 34.1 Å². The van der Waals surface area contributed by atoms with Gasteiger partial charge in [-0.05, 0) is 47.2 Å². The zero-order valence-electron chi connectivity index (χ0n) is 14.9. The molecule has 0 fully saturated rings. The number of pyridine rings is 1. The second-order valence-electron chi connectivity index (χ2n) is 6.21. The first-order valence-corrected chi connectivity index (χ1v) is 9.50. The fourth-order valence-corrected chi connectivity index (χ4v) is 3.17. The highest BCUT2D eigenvalue weighted by molar-refractivity contribution is 9.10. The number of hydrogen-bond donors (Lipinski definition) is 1. The molecule has 2 heterocycles. The fraction of sp³-hybridized carbons (Fsp3) is 0.0952. The molecule has 0 aliphatic rings. The first-order valence-electron chi connectivity index (χ1n) is 8.71. The van der Waals surface area contributed by atoms with Crippen molar-refractivity contribution in [1.29, 1.82) is 0 Å². The summed E-state index contributed by atoms with van der Waals surface area (Å²) in [5, 5.41) is 9.23. The topological polar surface area (TPSA) is 69.0 Å². The maximum atomic E-state index is 12.2. The molecular formula is C21H17BrN4O2. The molecule has 0 saturated carbocycles. The second kappa shape index (κ2) is 8.22. The fourth-order valence-electron chi connectivity index (χ4n) is 2.79. The molecule has 1 amide bonds. The molecule has 2 aromatic carbocycles. The summed E-state index contributed by atoms with van der Waals surface area (Å²) >= 11 is 3.46. The van der Waals surface area contributed by atoms with Crippen LogP contribution in [0.4, 0.5) is 5.82 Å². The lowest BCUT2D eigenvalue weighted by molar-refractivity contribution is -0.118. The summed E-state index contributed by atoms with van der Waals surface area (Å²) in [5.41, 5.74) is 0.898. The Morgan fingerprint density at radius 1 is 1.07 bits per heavy atom. The van der Waals surface area contributed by atoms with Crippen LogP contribution in [-0.4, -0.2) is 27.3 Å². The van der Waals surface area contributed by atoms with Crippen LogP contribution in [0.1, 0.15) is 5.69 Å². The van der Waals surface area contributed by atoms with Crippen LogP contribution in [0.25, 0.3) is 10.8 Å². The van der Waals surface area contributed by atoms with E-state index in [1.54, 1.807) is 23.1 Å². The van der Waals surface area contributed by atoms with Crippen molar-refractivity contribution < 1.29 is 9.53 Å². The number of aromatic nitrogens is 3. The monoisotopic (exact) mass is 436 g/mol. The van der Waals surface area contributed by atoms with E-state index in [0.717, 1.165) is 20.9 Å². The van der Waals surface area contributed by atoms with E-state index < -0.39 is 0 Å². The van der Waals surface area contributed by atoms with Crippen LogP contribution in [0.5, 0.6) is 5.75 Å². The van der Waals surface area contributed by atoms with Crippen LogP contribution in [0, 0.1) is 0 Å². The molecule has 0 radical (unpaired) electrons. The van der Waals surface area contributed by atoms with Crippen LogP contribution in [0.2, 0.25) is 0 Å². The van der Waals surface area contributed by atoms with Crippen LogP contribution in [0.15, 0.2) is 77.5 Å². The number of nitrogens with one attached hydrogen (secondary N) is 1. The zero-order chi connectivity index (χ0) is 19.3. The number of amides is 1. The molecule has 140 valence electrons. The molecule has 2 aromatic heterocycles. The third kappa shape index (κ3) is 4.55. The molecule has 0 aliphatic heterocycles. The Balaban J connectivity index is 1.33. The quantitative estimate of drug-likeness (QED) is 0.490. The number of benzene rings is 2. The summed E-state index contributed by atoms with van der Waals surface area (Å²) in [5.74, 6) is 0.859. The predicted octanol–water partition coefficient (Wildman–Crippen LogP) is 4.26. The normalized spacial score (nSPS) is 10.8. The van der Waals surface area contributed by atoms with Gasteiger partial charge in [0, 0.05) is 22.9 Å². The standard InChI is InChI=1S/C21H17BrN4O2/c22-17-6-4-16-12-19(7-5-15(16)11-17)28-14-21(27)24-20-8-10-26(25-20)13-18-3-1-2-9-23-18/h1-12H,13-14H2,(H,24,25,27). The number of anilines is 1. The lowest BCUT2D eigenvalue weighted by atomic mass is 10.1. The average molecular weight is 437 g/mol. The molecular weight excluding hydrogens is 420 g/mol. The Hall–Kier alpha value is -3.19. The molecule has 0 atom stereocenters. The van der Waals surface area contributed by atoms with Gasteiger partial charge in [0.15, 0.2) is 12.4 Å². The minimum absolute atomic E-state index is 0.0882. The van der Waals surface area contributed by atoms with Crippen molar-refractivity contribution in [2.75, 3.05) is 11.9 Å². The summed E-state index contributed by atoms with van der Waals surface area (Å²) in [6.07, 6.45) is 3.54. The number of rotatable bonds is 6. The van der Waals surface area contributed by atoms with Crippen LogP contribution >= 0.6 is 15.9 Å². The smallest absolute Gasteiger partial charge is 0.263 e. The lowest BCUT2D eigenvalue weighted by Gasteiger charge is -2.07. The molecule has 28 heavy (non-hydrogen) atoms. The van der Waals surface area contributed by atoms with Gasteiger partial charge in [0.25, 0.3) is 5.91 Å². The van der Waals surface area contributed by atoms with E-state index in [-0.39, 0.29) is 12.5 Å². The van der Waals surface area contributed by atoms with E-state index in [0.29, 0.717) is 18.1 Å². The SMILES string of the molecule is O=C(COc1ccc2cc(Br)ccc2c1)Nc1ccn(Cc2ccccn2)n1. The molecule has 6 nitrogen and oxygen atoms in total. The van der Waals surface area contributed by atoms with Crippen molar-refractivity contribution in [1.82, 2.24) is 14.8 Å². The van der Waals surface area contributed by atoms with Crippen molar-refractivity contribution in [2.24, 2.45) is 0 Å². The largest absolute Gasteiger partial charge is 0.484 e. The van der Waals surface area contributed by atoms with Crippen molar-refractivity contribution in [3.05, 3.63) is 83.2 Å². The Morgan fingerprint density at radius 3 is 2.79 bits per heavy atom. The van der Waals surface area contributed by atoms with Gasteiger partial charge in [0.2, 0.25) is 0 Å². The van der Waals surface area contributed by atoms with Gasteiger partial charge in [-0.2, -0.15) is 5.10 Å². The lowest BCUT2D eigenvalue weighted by Crippen LogP contribution is -2.20. The summed E-state index contributed by atoms with van der Waals surface area (Å²) in [7, 11) is 0. The van der Waals surface area contributed by atoms with Gasteiger partial charge in [-0.25, -0.2) is 0 Å².